The number of allylic oxidation sites excluding steroid dienone is 3. The summed E-state index contributed by atoms with van der Waals surface area (Å²) in [5, 5.41) is 28.0. The molecule has 2 aromatic rings. The Morgan fingerprint density at radius 2 is 1.81 bits per heavy atom. The normalized spacial score (nSPS) is 38.1. The summed E-state index contributed by atoms with van der Waals surface area (Å²) in [7, 11) is 0. The molecule has 9 atom stereocenters. The Labute approximate surface area is 309 Å². The number of amides is 1. The molecule has 7 heteroatoms. The van der Waals surface area contributed by atoms with Crippen LogP contribution < -0.4 is 5.32 Å². The van der Waals surface area contributed by atoms with E-state index in [-0.39, 0.29) is 34.4 Å². The first-order valence-electron chi connectivity index (χ1n) is 19.6. The highest BCUT2D eigenvalue weighted by atomic mass is 16.5. The highest BCUT2D eigenvalue weighted by Gasteiger charge is 2.67. The van der Waals surface area contributed by atoms with Crippen molar-refractivity contribution in [1.82, 2.24) is 9.88 Å². The molecule has 6 aliphatic rings. The van der Waals surface area contributed by atoms with Crippen LogP contribution in [0.1, 0.15) is 140 Å². The average molecular weight is 707 g/mol. The van der Waals surface area contributed by atoms with Crippen molar-refractivity contribution < 1.29 is 24.5 Å². The van der Waals surface area contributed by atoms with E-state index < -0.39 is 34.9 Å². The number of hydrogen-bond donors (Lipinski definition) is 3. The molecule has 3 N–H and O–H groups in total. The molecule has 7 nitrogen and oxygen atoms in total. The van der Waals surface area contributed by atoms with Crippen molar-refractivity contribution in [2.75, 3.05) is 6.54 Å². The predicted molar refractivity (Wildman–Crippen MR) is 206 cm³/mol. The summed E-state index contributed by atoms with van der Waals surface area (Å²) < 4.78 is 8.90. The first-order chi connectivity index (χ1) is 24.2. The second-order valence-electron chi connectivity index (χ2n) is 18.9. The Hall–Kier alpha value is -3.26. The zero-order valence-electron chi connectivity index (χ0n) is 32.9. The van der Waals surface area contributed by atoms with Gasteiger partial charge in [-0.1, -0.05) is 51.2 Å². The van der Waals surface area contributed by atoms with Gasteiger partial charge in [0.05, 0.1) is 34.5 Å². The lowest BCUT2D eigenvalue weighted by molar-refractivity contribution is -0.144. The molecule has 0 bridgehead atoms. The van der Waals surface area contributed by atoms with Crippen LogP contribution in [0.15, 0.2) is 48.1 Å². The molecule has 1 aromatic carbocycles. The van der Waals surface area contributed by atoms with Gasteiger partial charge in [-0.2, -0.15) is 0 Å². The Morgan fingerprint density at radius 3 is 2.48 bits per heavy atom. The Balaban J connectivity index is 1.32. The van der Waals surface area contributed by atoms with Gasteiger partial charge < -0.3 is 24.8 Å². The number of aromatic nitrogens is 1. The van der Waals surface area contributed by atoms with Crippen molar-refractivity contribution in [3.05, 3.63) is 76.0 Å². The van der Waals surface area contributed by atoms with Crippen LogP contribution in [-0.4, -0.2) is 50.3 Å². The molecule has 0 spiro atoms. The highest BCUT2D eigenvalue weighted by Crippen LogP contribution is 2.71. The summed E-state index contributed by atoms with van der Waals surface area (Å²) in [5.74, 6) is 0.267. The van der Waals surface area contributed by atoms with E-state index >= 15 is 0 Å². The van der Waals surface area contributed by atoms with E-state index in [0.29, 0.717) is 30.0 Å². The van der Waals surface area contributed by atoms with Crippen LogP contribution in [0.5, 0.6) is 0 Å². The van der Waals surface area contributed by atoms with Gasteiger partial charge in [0.1, 0.15) is 6.04 Å². The maximum absolute atomic E-state index is 14.9. The van der Waals surface area contributed by atoms with Crippen molar-refractivity contribution in [3.63, 3.8) is 0 Å². The molecular formula is C45H58N2O5. The van der Waals surface area contributed by atoms with Gasteiger partial charge in [-0.3, -0.25) is 9.59 Å². The molecular weight excluding hydrogens is 649 g/mol. The minimum Gasteiger partial charge on any atom is -0.392 e. The van der Waals surface area contributed by atoms with E-state index in [9.17, 15) is 19.8 Å². The second kappa shape index (κ2) is 11.1. The number of aliphatic hydroxyl groups is 2. The standard InChI is InChI=1S/C45H58N2O5/c1-12-46-40(51)24(4)14-13-18-43(9)30-16-15-25-20-28-27-21-26-29-22-41(5,6)52-42(7,8)34(29)37(49)32(26)33-36(27)47(35(23(2)3)38(33)50)39(28)45(25,11)44(30,10)19-17-31(43)48/h13-14,18,21-22,25,30-31,34-35,37,48-49H,2,12,15-17,19-20H2,1,3-11H3,(H,46,51)/b18-13+,24-14+. The summed E-state index contributed by atoms with van der Waals surface area (Å²) in [6, 6.07) is 1.78. The van der Waals surface area contributed by atoms with Crippen LogP contribution in [0.4, 0.5) is 0 Å². The van der Waals surface area contributed by atoms with Gasteiger partial charge in [0.2, 0.25) is 5.91 Å². The van der Waals surface area contributed by atoms with Crippen molar-refractivity contribution in [1.29, 1.82) is 0 Å². The molecule has 1 amide bonds. The van der Waals surface area contributed by atoms with Gasteiger partial charge in [-0.15, -0.1) is 0 Å². The van der Waals surface area contributed by atoms with Gasteiger partial charge >= 0.3 is 0 Å². The number of Topliss-reactive ketones (excluding diaryl/α,β-unsaturated/α-hetero) is 1. The van der Waals surface area contributed by atoms with E-state index in [4.69, 9.17) is 4.74 Å². The summed E-state index contributed by atoms with van der Waals surface area (Å²) in [6.07, 6.45) is 11.4. The Kier molecular flexibility index (Phi) is 7.66. The monoisotopic (exact) mass is 706 g/mol. The zero-order valence-corrected chi connectivity index (χ0v) is 32.9. The van der Waals surface area contributed by atoms with E-state index in [1.807, 2.05) is 32.9 Å². The van der Waals surface area contributed by atoms with Crippen LogP contribution in [0, 0.1) is 28.6 Å². The summed E-state index contributed by atoms with van der Waals surface area (Å²) >= 11 is 0. The smallest absolute Gasteiger partial charge is 0.246 e. The molecule has 4 aliphatic carbocycles. The van der Waals surface area contributed by atoms with Crippen molar-refractivity contribution in [2.45, 2.75) is 136 Å². The number of carbonyl (C=O) groups excluding carboxylic acids is 2. The number of fused-ring (bicyclic) bond motifs is 11. The van der Waals surface area contributed by atoms with Crippen molar-refractivity contribution in [2.24, 2.45) is 28.6 Å². The number of ether oxygens (including phenoxy) is 1. The summed E-state index contributed by atoms with van der Waals surface area (Å²) in [4.78, 5) is 27.4. The first-order valence-corrected chi connectivity index (χ1v) is 19.6. The molecule has 8 rings (SSSR count). The number of ketones is 1. The fourth-order valence-electron chi connectivity index (χ4n) is 12.9. The molecule has 1 aromatic heterocycles. The summed E-state index contributed by atoms with van der Waals surface area (Å²) in [6.45, 7) is 26.1. The average Bonchev–Trinajstić information content (AvgIpc) is 3.72. The Morgan fingerprint density at radius 1 is 1.10 bits per heavy atom. The third kappa shape index (κ3) is 4.36. The summed E-state index contributed by atoms with van der Waals surface area (Å²) in [5.41, 5.74) is 6.48. The van der Waals surface area contributed by atoms with Gasteiger partial charge in [0, 0.05) is 45.5 Å². The minimum atomic E-state index is -0.851. The van der Waals surface area contributed by atoms with Crippen molar-refractivity contribution in [3.8, 4) is 0 Å². The number of aliphatic hydroxyl groups excluding tert-OH is 2. The number of rotatable bonds is 5. The second-order valence-corrected chi connectivity index (χ2v) is 18.9. The number of benzene rings is 1. The highest BCUT2D eigenvalue weighted by molar-refractivity contribution is 6.18. The van der Waals surface area contributed by atoms with Gasteiger partial charge in [0.25, 0.3) is 0 Å². The molecule has 3 heterocycles. The largest absolute Gasteiger partial charge is 0.392 e. The van der Waals surface area contributed by atoms with Crippen LogP contribution >= 0.6 is 0 Å². The number of nitrogens with one attached hydrogen (secondary N) is 1. The van der Waals surface area contributed by atoms with Gasteiger partial charge in [-0.05, 0) is 127 Å². The fraction of sp³-hybridized carbons (Fsp3) is 0.600. The van der Waals surface area contributed by atoms with Crippen LogP contribution in [0.2, 0.25) is 0 Å². The Bertz CT molecular complexity index is 2060. The lowest BCUT2D eigenvalue weighted by Crippen LogP contribution is -2.62. The van der Waals surface area contributed by atoms with E-state index in [1.54, 1.807) is 0 Å². The third-order valence-corrected chi connectivity index (χ3v) is 15.1. The maximum atomic E-state index is 14.9. The van der Waals surface area contributed by atoms with E-state index in [1.165, 1.54) is 11.3 Å². The van der Waals surface area contributed by atoms with E-state index in [2.05, 4.69) is 83.1 Å². The first kappa shape index (κ1) is 35.8. The molecule has 2 aliphatic heterocycles. The number of likely N-dealkylation sites (N-methyl/N-ethyl adjacent to an activating group) is 1. The maximum Gasteiger partial charge on any atom is 0.246 e. The minimum absolute atomic E-state index is 0.0362. The predicted octanol–water partition coefficient (Wildman–Crippen LogP) is 8.23. The lowest BCUT2D eigenvalue weighted by Gasteiger charge is -2.64. The fourth-order valence-corrected chi connectivity index (χ4v) is 12.9. The number of carbonyl (C=O) groups is 2. The number of hydrogen-bond acceptors (Lipinski definition) is 5. The van der Waals surface area contributed by atoms with Crippen molar-refractivity contribution >= 4 is 28.2 Å². The van der Waals surface area contributed by atoms with Gasteiger partial charge in [0.15, 0.2) is 5.78 Å². The quantitative estimate of drug-likeness (QED) is 0.165. The van der Waals surface area contributed by atoms with Crippen LogP contribution in [-0.2, 0) is 21.4 Å². The van der Waals surface area contributed by atoms with E-state index in [0.717, 1.165) is 58.9 Å². The number of nitrogens with zero attached hydrogens (tertiary/aromatic N) is 1. The zero-order chi connectivity index (χ0) is 37.7. The lowest BCUT2D eigenvalue weighted by atomic mass is 9.40. The molecule has 2 saturated carbocycles. The molecule has 52 heavy (non-hydrogen) atoms. The molecule has 9 unspecified atom stereocenters. The molecule has 0 saturated heterocycles. The SMILES string of the molecule is C=C(C)C1C(=O)c2c3c(cc4c5c(n1c24)C1(C)C(CCC2C(C)(/C=C/C=C(\C)C(=O)NCC)C(O)CCC21C)C5)C1=CC(C)(C)OC(C)(C)C1C3O. The van der Waals surface area contributed by atoms with Crippen LogP contribution in [0.25, 0.3) is 16.5 Å². The topological polar surface area (TPSA) is 101 Å². The third-order valence-electron chi connectivity index (χ3n) is 15.1. The molecule has 2 fully saturated rings. The molecule has 278 valence electrons. The molecule has 0 radical (unpaired) electrons. The van der Waals surface area contributed by atoms with Gasteiger partial charge in [-0.25, -0.2) is 0 Å². The van der Waals surface area contributed by atoms with Crippen LogP contribution in [0.3, 0.4) is 0 Å².